The summed E-state index contributed by atoms with van der Waals surface area (Å²) in [7, 11) is -9.24. The molecule has 0 heterocycles. The fraction of sp³-hybridized carbons (Fsp3) is 1.00. The number of alkyl halides is 21. The summed E-state index contributed by atoms with van der Waals surface area (Å²) in [4.78, 5) is 0. The second-order valence-electron chi connectivity index (χ2n) is 8.55. The molecule has 0 saturated carbocycles. The van der Waals surface area contributed by atoms with E-state index >= 15 is 0 Å². The molecular weight excluding hydrogens is 727 g/mol. The zero-order chi connectivity index (χ0) is 36.6. The standard InChI is InChI=1S/C18H17F21O5S/c1-2-3-4-5-6-42-7-8-43-16(34,35)12(25,26)9(19,20)10(21,22)13(27,28)17(36,37)44-45(40,41)18(38,39)14(29,30)11(23,24)15(31,32)33/h2-8H2,1H3. The Morgan fingerprint density at radius 3 is 1.29 bits per heavy atom. The molecule has 272 valence electrons. The van der Waals surface area contributed by atoms with Gasteiger partial charge in [-0.25, -0.2) is 0 Å². The van der Waals surface area contributed by atoms with Crippen molar-refractivity contribution in [1.82, 2.24) is 0 Å². The van der Waals surface area contributed by atoms with Gasteiger partial charge in [-0.2, -0.15) is 105 Å². The van der Waals surface area contributed by atoms with Gasteiger partial charge in [0.15, 0.2) is 0 Å². The average Bonchev–Trinajstić information content (AvgIpc) is 2.83. The highest BCUT2D eigenvalue weighted by molar-refractivity contribution is 7.87. The molecule has 45 heavy (non-hydrogen) atoms. The fourth-order valence-corrected chi connectivity index (χ4v) is 3.50. The first-order chi connectivity index (χ1) is 19.5. The molecule has 0 rings (SSSR count). The number of halogens is 21. The molecule has 0 aliphatic carbocycles. The van der Waals surface area contributed by atoms with E-state index in [1.54, 1.807) is 6.92 Å². The molecule has 0 aliphatic heterocycles. The van der Waals surface area contributed by atoms with Crippen molar-refractivity contribution in [1.29, 1.82) is 0 Å². The minimum Gasteiger partial charge on any atom is -0.379 e. The summed E-state index contributed by atoms with van der Waals surface area (Å²) in [5, 5.41) is -8.47. The highest BCUT2D eigenvalue weighted by Gasteiger charge is 2.93. The summed E-state index contributed by atoms with van der Waals surface area (Å²) >= 11 is 0. The molecule has 0 spiro atoms. The molecule has 0 amide bonds. The second kappa shape index (κ2) is 13.1. The molecule has 0 aliphatic rings. The lowest BCUT2D eigenvalue weighted by molar-refractivity contribution is -0.470. The maximum atomic E-state index is 13.8. The molecule has 0 atom stereocenters. The van der Waals surface area contributed by atoms with E-state index in [0.29, 0.717) is 19.3 Å². The van der Waals surface area contributed by atoms with E-state index in [4.69, 9.17) is 0 Å². The van der Waals surface area contributed by atoms with Crippen molar-refractivity contribution < 1.29 is 114 Å². The van der Waals surface area contributed by atoms with E-state index in [1.807, 2.05) is 0 Å². The van der Waals surface area contributed by atoms with Crippen molar-refractivity contribution >= 4 is 10.1 Å². The highest BCUT2D eigenvalue weighted by Crippen LogP contribution is 2.62. The van der Waals surface area contributed by atoms with E-state index in [2.05, 4.69) is 9.47 Å². The number of hydrogen-bond acceptors (Lipinski definition) is 5. The Balaban J connectivity index is 6.35. The molecule has 0 aromatic rings. The predicted octanol–water partition coefficient (Wildman–Crippen LogP) is 8.10. The zero-order valence-electron chi connectivity index (χ0n) is 21.3. The van der Waals surface area contributed by atoms with Gasteiger partial charge in [-0.1, -0.05) is 26.2 Å². The summed E-state index contributed by atoms with van der Waals surface area (Å²) in [6.45, 7) is -1.65. The van der Waals surface area contributed by atoms with Gasteiger partial charge >= 0.3 is 69.3 Å². The topological polar surface area (TPSA) is 61.8 Å². The Bertz CT molecular complexity index is 1090. The van der Waals surface area contributed by atoms with Gasteiger partial charge in [0, 0.05) is 6.61 Å². The lowest BCUT2D eigenvalue weighted by Gasteiger charge is -2.40. The zero-order valence-corrected chi connectivity index (χ0v) is 22.2. The van der Waals surface area contributed by atoms with Crippen molar-refractivity contribution in [3.63, 3.8) is 0 Å². The molecule has 0 bridgehead atoms. The molecule has 0 radical (unpaired) electrons. The molecule has 0 aromatic heterocycles. The van der Waals surface area contributed by atoms with Gasteiger partial charge in [-0.15, -0.1) is 0 Å². The van der Waals surface area contributed by atoms with Gasteiger partial charge in [0.05, 0.1) is 13.2 Å². The molecular formula is C18H17F21O5S. The molecule has 0 unspecified atom stereocenters. The minimum atomic E-state index is -9.24. The van der Waals surface area contributed by atoms with Crippen LogP contribution in [0.2, 0.25) is 0 Å². The summed E-state index contributed by atoms with van der Waals surface area (Å²) < 4.78 is 310. The normalized spacial score (nSPS) is 16.0. The number of rotatable bonds is 19. The van der Waals surface area contributed by atoms with Crippen LogP contribution in [-0.2, 0) is 23.8 Å². The van der Waals surface area contributed by atoms with Crippen LogP contribution in [0, 0.1) is 0 Å². The predicted molar refractivity (Wildman–Crippen MR) is 101 cm³/mol. The summed E-state index contributed by atoms with van der Waals surface area (Å²) in [6.07, 6.45) is -21.4. The van der Waals surface area contributed by atoms with Crippen LogP contribution in [0.15, 0.2) is 0 Å². The average molecular weight is 744 g/mol. The first-order valence-corrected chi connectivity index (χ1v) is 12.6. The maximum Gasteiger partial charge on any atom is 0.460 e. The van der Waals surface area contributed by atoms with E-state index in [1.165, 1.54) is 4.18 Å². The Morgan fingerprint density at radius 1 is 0.467 bits per heavy atom. The molecule has 0 fully saturated rings. The Morgan fingerprint density at radius 2 is 0.889 bits per heavy atom. The molecule has 5 nitrogen and oxygen atoms in total. The number of unbranched alkanes of at least 4 members (excludes halogenated alkanes) is 3. The third-order valence-electron chi connectivity index (χ3n) is 5.21. The third kappa shape index (κ3) is 7.43. The van der Waals surface area contributed by atoms with Crippen LogP contribution in [0.4, 0.5) is 92.2 Å². The quantitative estimate of drug-likeness (QED) is 0.0761. The van der Waals surface area contributed by atoms with Gasteiger partial charge in [0.2, 0.25) is 0 Å². The molecule has 0 aromatic carbocycles. The Labute approximate surface area is 237 Å². The van der Waals surface area contributed by atoms with Crippen LogP contribution in [0.25, 0.3) is 0 Å². The van der Waals surface area contributed by atoms with Crippen molar-refractivity contribution in [3.8, 4) is 0 Å². The lowest BCUT2D eigenvalue weighted by Crippen LogP contribution is -2.72. The largest absolute Gasteiger partial charge is 0.460 e. The van der Waals surface area contributed by atoms with Crippen LogP contribution in [0.3, 0.4) is 0 Å². The van der Waals surface area contributed by atoms with Gasteiger partial charge in [0.1, 0.15) is 0 Å². The van der Waals surface area contributed by atoms with E-state index < -0.39 is 82.5 Å². The van der Waals surface area contributed by atoms with Gasteiger partial charge in [-0.05, 0) is 6.42 Å². The van der Waals surface area contributed by atoms with Crippen LogP contribution in [-0.4, -0.2) is 87.4 Å². The summed E-state index contributed by atoms with van der Waals surface area (Å²) in [5.74, 6) is -51.0. The summed E-state index contributed by atoms with van der Waals surface area (Å²) in [5.41, 5.74) is 0. The third-order valence-corrected chi connectivity index (χ3v) is 6.52. The van der Waals surface area contributed by atoms with Crippen molar-refractivity contribution in [2.24, 2.45) is 0 Å². The van der Waals surface area contributed by atoms with Crippen LogP contribution < -0.4 is 0 Å². The molecule has 0 saturated heterocycles. The summed E-state index contributed by atoms with van der Waals surface area (Å²) in [6, 6.07) is 0. The monoisotopic (exact) mass is 744 g/mol. The maximum absolute atomic E-state index is 13.8. The van der Waals surface area contributed by atoms with Crippen LogP contribution >= 0.6 is 0 Å². The van der Waals surface area contributed by atoms with Crippen molar-refractivity contribution in [2.45, 2.75) is 91.8 Å². The van der Waals surface area contributed by atoms with Crippen LogP contribution in [0.1, 0.15) is 32.6 Å². The number of ether oxygens (including phenoxy) is 2. The van der Waals surface area contributed by atoms with Crippen LogP contribution in [0.5, 0.6) is 0 Å². The van der Waals surface area contributed by atoms with Crippen molar-refractivity contribution in [2.75, 3.05) is 19.8 Å². The Hall–Kier alpha value is -1.64. The first kappa shape index (κ1) is 43.4. The van der Waals surface area contributed by atoms with Crippen molar-refractivity contribution in [3.05, 3.63) is 0 Å². The van der Waals surface area contributed by atoms with Gasteiger partial charge in [-0.3, -0.25) is 0 Å². The van der Waals surface area contributed by atoms with E-state index in [0.717, 1.165) is 0 Å². The smallest absolute Gasteiger partial charge is 0.379 e. The van der Waals surface area contributed by atoms with Gasteiger partial charge < -0.3 is 9.47 Å². The minimum absolute atomic E-state index is 0.208. The lowest BCUT2D eigenvalue weighted by atomic mass is 9.97. The fourth-order valence-electron chi connectivity index (χ4n) is 2.57. The van der Waals surface area contributed by atoms with Gasteiger partial charge in [0.25, 0.3) is 0 Å². The second-order valence-corrected chi connectivity index (χ2v) is 10.1. The Kier molecular flexibility index (Phi) is 12.6. The SMILES string of the molecule is CCCCCCOCCOC(F)(F)C(F)(F)C(F)(F)C(F)(F)C(F)(F)C(F)(F)OS(=O)(=O)C(F)(F)C(F)(F)C(F)(F)C(F)(F)F. The highest BCUT2D eigenvalue weighted by atomic mass is 32.2. The number of hydrogen-bond donors (Lipinski definition) is 0. The van der Waals surface area contributed by atoms with E-state index in [9.17, 15) is 101 Å². The van der Waals surface area contributed by atoms with E-state index in [-0.39, 0.29) is 13.0 Å². The molecule has 0 N–H and O–H groups in total. The molecule has 27 heteroatoms. The first-order valence-electron chi connectivity index (χ1n) is 11.2.